The van der Waals surface area contributed by atoms with E-state index in [1.165, 1.54) is 6.42 Å². The van der Waals surface area contributed by atoms with Gasteiger partial charge in [0.05, 0.1) is 5.92 Å². The maximum absolute atomic E-state index is 12.6. The molecule has 140 valence electrons. The number of rotatable bonds is 4. The zero-order valence-electron chi connectivity index (χ0n) is 15.1. The molecule has 3 amide bonds. The summed E-state index contributed by atoms with van der Waals surface area (Å²) in [6, 6.07) is 7.65. The second-order valence-electron chi connectivity index (χ2n) is 7.98. The van der Waals surface area contributed by atoms with Gasteiger partial charge < -0.3 is 21.3 Å². The molecule has 1 aliphatic heterocycles. The highest BCUT2D eigenvalue weighted by Crippen LogP contribution is 2.47. The van der Waals surface area contributed by atoms with Gasteiger partial charge in [-0.3, -0.25) is 4.79 Å². The number of nitrogens with one attached hydrogen (secondary N) is 2. The van der Waals surface area contributed by atoms with Gasteiger partial charge >= 0.3 is 6.03 Å². The van der Waals surface area contributed by atoms with E-state index >= 15 is 0 Å². The molecule has 6 nitrogen and oxygen atoms in total. The number of hydrogen-bond donors (Lipinski definition) is 3. The lowest BCUT2D eigenvalue weighted by molar-refractivity contribution is -0.127. The number of likely N-dealkylation sites (tertiary alicyclic amines) is 1. The van der Waals surface area contributed by atoms with Crippen LogP contribution in [0.1, 0.15) is 37.7 Å². The van der Waals surface area contributed by atoms with E-state index < -0.39 is 0 Å². The van der Waals surface area contributed by atoms with Crippen LogP contribution >= 0.6 is 0 Å². The lowest BCUT2D eigenvalue weighted by Crippen LogP contribution is -2.45. The Balaban J connectivity index is 1.32. The smallest absolute Gasteiger partial charge is 0.321 e. The van der Waals surface area contributed by atoms with Crippen LogP contribution in [0.25, 0.3) is 0 Å². The molecule has 4 atom stereocenters. The van der Waals surface area contributed by atoms with Crippen molar-refractivity contribution in [2.75, 3.05) is 18.4 Å². The molecule has 26 heavy (non-hydrogen) atoms. The molecule has 2 aliphatic carbocycles. The normalized spacial score (nSPS) is 29.8. The number of carbonyl (C=O) groups excluding carboxylic acids is 2. The summed E-state index contributed by atoms with van der Waals surface area (Å²) in [6.45, 7) is 2.11. The lowest BCUT2D eigenvalue weighted by atomic mass is 9.84. The van der Waals surface area contributed by atoms with Crippen LogP contribution in [0.3, 0.4) is 0 Å². The number of benzene rings is 1. The average Bonchev–Trinajstić information content (AvgIpc) is 3.37. The summed E-state index contributed by atoms with van der Waals surface area (Å²) in [5, 5.41) is 6.00. The number of anilines is 1. The minimum absolute atomic E-state index is 0.0137. The summed E-state index contributed by atoms with van der Waals surface area (Å²) in [4.78, 5) is 26.6. The summed E-state index contributed by atoms with van der Waals surface area (Å²) in [6.07, 6.45) is 5.56. The van der Waals surface area contributed by atoms with Gasteiger partial charge in [-0.05, 0) is 61.6 Å². The van der Waals surface area contributed by atoms with Crippen molar-refractivity contribution in [1.29, 1.82) is 0 Å². The summed E-state index contributed by atoms with van der Waals surface area (Å²) in [5.74, 6) is 1.03. The van der Waals surface area contributed by atoms with Gasteiger partial charge in [-0.15, -0.1) is 0 Å². The molecule has 1 aromatic rings. The van der Waals surface area contributed by atoms with Crippen LogP contribution < -0.4 is 16.4 Å². The average molecular weight is 356 g/mol. The predicted octanol–water partition coefficient (Wildman–Crippen LogP) is 2.30. The Labute approximate surface area is 154 Å². The van der Waals surface area contributed by atoms with Crippen LogP contribution in [0.4, 0.5) is 10.5 Å². The van der Waals surface area contributed by atoms with Crippen LogP contribution in [0, 0.1) is 17.8 Å². The van der Waals surface area contributed by atoms with Gasteiger partial charge in [0.1, 0.15) is 0 Å². The lowest BCUT2D eigenvalue weighted by Gasteiger charge is -2.27. The molecule has 1 saturated heterocycles. The summed E-state index contributed by atoms with van der Waals surface area (Å²) < 4.78 is 0. The molecular weight excluding hydrogens is 328 g/mol. The van der Waals surface area contributed by atoms with Crippen molar-refractivity contribution in [3.8, 4) is 0 Å². The van der Waals surface area contributed by atoms with E-state index in [-0.39, 0.29) is 23.9 Å². The third-order valence-corrected chi connectivity index (χ3v) is 6.32. The van der Waals surface area contributed by atoms with Gasteiger partial charge in [0, 0.05) is 31.4 Å². The van der Waals surface area contributed by atoms with Gasteiger partial charge in [0.25, 0.3) is 0 Å². The van der Waals surface area contributed by atoms with Crippen LogP contribution in [0.15, 0.2) is 24.3 Å². The first-order valence-corrected chi connectivity index (χ1v) is 9.80. The molecule has 3 fully saturated rings. The summed E-state index contributed by atoms with van der Waals surface area (Å²) >= 11 is 0. The monoisotopic (exact) mass is 356 g/mol. The second-order valence-corrected chi connectivity index (χ2v) is 7.98. The number of fused-ring (bicyclic) bond motifs is 2. The van der Waals surface area contributed by atoms with Crippen molar-refractivity contribution in [3.05, 3.63) is 29.8 Å². The SMILES string of the molecule is NC1C2CCC(C2)C1C(=O)NCc1cccc(NC(=O)N2CCCC2)c1. The number of nitrogens with two attached hydrogens (primary N) is 1. The van der Waals surface area contributed by atoms with Crippen LogP contribution in [0.2, 0.25) is 0 Å². The van der Waals surface area contributed by atoms with Crippen molar-refractivity contribution < 1.29 is 9.59 Å². The molecular formula is C20H28N4O2. The van der Waals surface area contributed by atoms with Crippen molar-refractivity contribution in [2.24, 2.45) is 23.5 Å². The van der Waals surface area contributed by atoms with Crippen molar-refractivity contribution in [1.82, 2.24) is 10.2 Å². The number of urea groups is 1. The molecule has 0 aromatic heterocycles. The fraction of sp³-hybridized carbons (Fsp3) is 0.600. The fourth-order valence-electron chi connectivity index (χ4n) is 4.91. The van der Waals surface area contributed by atoms with Crippen LogP contribution in [-0.2, 0) is 11.3 Å². The maximum Gasteiger partial charge on any atom is 0.321 e. The molecule has 0 radical (unpaired) electrons. The van der Waals surface area contributed by atoms with E-state index in [4.69, 9.17) is 5.73 Å². The number of nitrogens with zero attached hydrogens (tertiary/aromatic N) is 1. The Morgan fingerprint density at radius 1 is 1.15 bits per heavy atom. The second kappa shape index (κ2) is 7.27. The van der Waals surface area contributed by atoms with Crippen molar-refractivity contribution in [2.45, 2.75) is 44.7 Å². The third-order valence-electron chi connectivity index (χ3n) is 6.32. The number of hydrogen-bond acceptors (Lipinski definition) is 3. The maximum atomic E-state index is 12.6. The Hall–Kier alpha value is -2.08. The Morgan fingerprint density at radius 2 is 1.92 bits per heavy atom. The molecule has 4 N–H and O–H groups in total. The van der Waals surface area contributed by atoms with E-state index in [0.29, 0.717) is 18.4 Å². The summed E-state index contributed by atoms with van der Waals surface area (Å²) in [7, 11) is 0. The quantitative estimate of drug-likeness (QED) is 0.773. The van der Waals surface area contributed by atoms with E-state index in [1.54, 1.807) is 0 Å². The van der Waals surface area contributed by atoms with E-state index in [9.17, 15) is 9.59 Å². The minimum atomic E-state index is -0.0448. The van der Waals surface area contributed by atoms with Crippen molar-refractivity contribution in [3.63, 3.8) is 0 Å². The predicted molar refractivity (Wildman–Crippen MR) is 100 cm³/mol. The highest BCUT2D eigenvalue weighted by Gasteiger charge is 2.48. The molecule has 1 heterocycles. The standard InChI is InChI=1S/C20H28N4O2/c21-18-15-7-6-14(11-15)17(18)19(25)22-12-13-4-3-5-16(10-13)23-20(26)24-8-1-2-9-24/h3-5,10,14-15,17-18H,1-2,6-9,11-12,21H2,(H,22,25)(H,23,26). The molecule has 2 saturated carbocycles. The molecule has 0 spiro atoms. The molecule has 4 rings (SSSR count). The van der Waals surface area contributed by atoms with E-state index in [2.05, 4.69) is 10.6 Å². The zero-order chi connectivity index (χ0) is 18.1. The van der Waals surface area contributed by atoms with Crippen LogP contribution in [-0.4, -0.2) is 36.0 Å². The van der Waals surface area contributed by atoms with Gasteiger partial charge in [-0.2, -0.15) is 0 Å². The van der Waals surface area contributed by atoms with Gasteiger partial charge in [0.2, 0.25) is 5.91 Å². The topological polar surface area (TPSA) is 87.5 Å². The highest BCUT2D eigenvalue weighted by molar-refractivity contribution is 5.89. The Kier molecular flexibility index (Phi) is 4.85. The molecule has 6 heteroatoms. The number of amides is 3. The van der Waals surface area contributed by atoms with E-state index in [0.717, 1.165) is 50.0 Å². The van der Waals surface area contributed by atoms with Gasteiger partial charge in [0.15, 0.2) is 0 Å². The Bertz CT molecular complexity index is 684. The molecule has 3 aliphatic rings. The third kappa shape index (κ3) is 3.43. The summed E-state index contributed by atoms with van der Waals surface area (Å²) in [5.41, 5.74) is 8.01. The first-order chi connectivity index (χ1) is 12.6. The largest absolute Gasteiger partial charge is 0.352 e. The molecule has 1 aromatic carbocycles. The molecule has 4 unspecified atom stereocenters. The Morgan fingerprint density at radius 3 is 2.65 bits per heavy atom. The van der Waals surface area contributed by atoms with Gasteiger partial charge in [-0.1, -0.05) is 12.1 Å². The molecule has 2 bridgehead atoms. The van der Waals surface area contributed by atoms with Gasteiger partial charge in [-0.25, -0.2) is 4.79 Å². The zero-order valence-corrected chi connectivity index (χ0v) is 15.1. The van der Waals surface area contributed by atoms with E-state index in [1.807, 2.05) is 29.2 Å². The highest BCUT2D eigenvalue weighted by atomic mass is 16.2. The fourth-order valence-corrected chi connectivity index (χ4v) is 4.91. The van der Waals surface area contributed by atoms with Crippen LogP contribution in [0.5, 0.6) is 0 Å². The minimum Gasteiger partial charge on any atom is -0.352 e. The van der Waals surface area contributed by atoms with Crippen molar-refractivity contribution >= 4 is 17.6 Å². The first-order valence-electron chi connectivity index (χ1n) is 9.80. The number of carbonyl (C=O) groups is 2. The first kappa shape index (κ1) is 17.3.